The Hall–Kier alpha value is -2.97. The van der Waals surface area contributed by atoms with Gasteiger partial charge in [0.1, 0.15) is 6.54 Å². The number of Topliss-reactive ketones (excluding diaryl/α,β-unsaturated/α-hetero) is 1. The maximum atomic E-state index is 12.4. The van der Waals surface area contributed by atoms with E-state index in [1.807, 2.05) is 24.3 Å². The molecule has 2 N–H and O–H groups in total. The summed E-state index contributed by atoms with van der Waals surface area (Å²) in [7, 11) is -3.81. The maximum absolute atomic E-state index is 12.4. The number of H-pyrrole nitrogens is 1. The fourth-order valence-electron chi connectivity index (χ4n) is 2.74. The molecule has 0 saturated carbocycles. The van der Waals surface area contributed by atoms with Crippen LogP contribution in [0.1, 0.15) is 16.1 Å². The highest BCUT2D eigenvalue weighted by molar-refractivity contribution is 7.89. The summed E-state index contributed by atoms with van der Waals surface area (Å²) < 4.78 is 31.2. The number of nitrogens with one attached hydrogen (secondary N) is 2. The number of aromatic nitrogens is 1. The summed E-state index contributed by atoms with van der Waals surface area (Å²) in [6.07, 6.45) is 0. The Labute approximate surface area is 156 Å². The fraction of sp³-hybridized carbons (Fsp3) is 0.158. The summed E-state index contributed by atoms with van der Waals surface area (Å²) in [6.45, 7) is 0.745. The highest BCUT2D eigenvalue weighted by Gasteiger charge is 2.19. The van der Waals surface area contributed by atoms with Crippen LogP contribution in [0.4, 0.5) is 0 Å². The van der Waals surface area contributed by atoms with Crippen molar-refractivity contribution in [2.75, 3.05) is 13.2 Å². The summed E-state index contributed by atoms with van der Waals surface area (Å²) in [5.74, 6) is -1.19. The molecule has 0 bridgehead atoms. The quantitative estimate of drug-likeness (QED) is 0.478. The van der Waals surface area contributed by atoms with Crippen molar-refractivity contribution in [3.8, 4) is 0 Å². The van der Waals surface area contributed by atoms with E-state index >= 15 is 0 Å². The second kappa shape index (κ2) is 7.73. The Morgan fingerprint density at radius 1 is 1.04 bits per heavy atom. The number of esters is 1. The minimum atomic E-state index is -3.81. The number of para-hydroxylation sites is 1. The van der Waals surface area contributed by atoms with E-state index in [4.69, 9.17) is 4.74 Å². The van der Waals surface area contributed by atoms with Crippen molar-refractivity contribution in [3.63, 3.8) is 0 Å². The largest absolute Gasteiger partial charge is 0.456 e. The summed E-state index contributed by atoms with van der Waals surface area (Å²) >= 11 is 0. The van der Waals surface area contributed by atoms with Gasteiger partial charge in [0.25, 0.3) is 0 Å². The number of benzene rings is 2. The number of hydrogen-bond acceptors (Lipinski definition) is 5. The van der Waals surface area contributed by atoms with Crippen molar-refractivity contribution >= 4 is 32.7 Å². The molecule has 0 aliphatic heterocycles. The molecule has 140 valence electrons. The van der Waals surface area contributed by atoms with Crippen LogP contribution in [0.25, 0.3) is 10.9 Å². The van der Waals surface area contributed by atoms with Crippen LogP contribution in [0, 0.1) is 6.92 Å². The fourth-order valence-corrected chi connectivity index (χ4v) is 3.73. The van der Waals surface area contributed by atoms with Gasteiger partial charge in [-0.1, -0.05) is 36.4 Å². The van der Waals surface area contributed by atoms with Crippen LogP contribution >= 0.6 is 0 Å². The Kier molecular flexibility index (Phi) is 5.38. The number of aromatic amines is 1. The van der Waals surface area contributed by atoms with E-state index in [2.05, 4.69) is 9.71 Å². The van der Waals surface area contributed by atoms with Crippen LogP contribution in [-0.2, 0) is 19.6 Å². The lowest BCUT2D eigenvalue weighted by molar-refractivity contribution is -0.141. The molecule has 2 aromatic carbocycles. The van der Waals surface area contributed by atoms with Gasteiger partial charge in [0, 0.05) is 22.2 Å². The Morgan fingerprint density at radius 2 is 1.70 bits per heavy atom. The second-order valence-corrected chi connectivity index (χ2v) is 7.66. The molecule has 0 radical (unpaired) electrons. The van der Waals surface area contributed by atoms with Crippen molar-refractivity contribution in [3.05, 3.63) is 65.9 Å². The summed E-state index contributed by atoms with van der Waals surface area (Å²) in [5, 5.41) is 0.751. The molecular formula is C19H18N2O5S. The van der Waals surface area contributed by atoms with Crippen LogP contribution in [-0.4, -0.2) is 38.3 Å². The molecule has 27 heavy (non-hydrogen) atoms. The van der Waals surface area contributed by atoms with Gasteiger partial charge in [0.05, 0.1) is 4.90 Å². The van der Waals surface area contributed by atoms with E-state index in [-0.39, 0.29) is 10.7 Å². The molecule has 3 rings (SSSR count). The first-order valence-electron chi connectivity index (χ1n) is 8.19. The van der Waals surface area contributed by atoms with E-state index in [9.17, 15) is 18.0 Å². The molecule has 0 amide bonds. The number of rotatable bonds is 7. The predicted molar refractivity (Wildman–Crippen MR) is 100.0 cm³/mol. The number of sulfonamides is 1. The van der Waals surface area contributed by atoms with Crippen molar-refractivity contribution in [2.45, 2.75) is 11.8 Å². The SMILES string of the molecule is Cc1[nH]c2ccccc2c1C(=O)COC(=O)CNS(=O)(=O)c1ccccc1. The van der Waals surface area contributed by atoms with Gasteiger partial charge >= 0.3 is 5.97 Å². The van der Waals surface area contributed by atoms with E-state index in [1.165, 1.54) is 12.1 Å². The monoisotopic (exact) mass is 386 g/mol. The Bertz CT molecular complexity index is 1090. The van der Waals surface area contributed by atoms with Crippen molar-refractivity contribution in [1.82, 2.24) is 9.71 Å². The maximum Gasteiger partial charge on any atom is 0.321 e. The molecule has 0 atom stereocenters. The van der Waals surface area contributed by atoms with Crippen LogP contribution < -0.4 is 4.72 Å². The molecule has 1 aromatic heterocycles. The summed E-state index contributed by atoms with van der Waals surface area (Å²) in [4.78, 5) is 27.4. The van der Waals surface area contributed by atoms with Crippen molar-refractivity contribution < 1.29 is 22.7 Å². The molecule has 0 unspecified atom stereocenters. The normalized spacial score (nSPS) is 11.4. The van der Waals surface area contributed by atoms with E-state index in [1.54, 1.807) is 25.1 Å². The van der Waals surface area contributed by atoms with Crippen LogP contribution in [0.5, 0.6) is 0 Å². The van der Waals surface area contributed by atoms with Crippen LogP contribution in [0.2, 0.25) is 0 Å². The van der Waals surface area contributed by atoms with Gasteiger partial charge in [-0.3, -0.25) is 9.59 Å². The number of ether oxygens (including phenoxy) is 1. The third kappa shape index (κ3) is 4.24. The summed E-state index contributed by atoms with van der Waals surface area (Å²) in [5.41, 5.74) is 1.96. The zero-order valence-electron chi connectivity index (χ0n) is 14.6. The van der Waals surface area contributed by atoms with Crippen LogP contribution in [0.3, 0.4) is 0 Å². The minimum Gasteiger partial charge on any atom is -0.456 e. The standard InChI is InChI=1S/C19H18N2O5S/c1-13-19(15-9-5-6-10-16(15)21-13)17(22)12-26-18(23)11-20-27(24,25)14-7-3-2-4-8-14/h2-10,20-21H,11-12H2,1H3. The number of carbonyl (C=O) groups excluding carboxylic acids is 2. The number of hydrogen-bond donors (Lipinski definition) is 2. The van der Waals surface area contributed by atoms with Gasteiger partial charge in [-0.25, -0.2) is 8.42 Å². The molecule has 0 fully saturated rings. The molecule has 0 aliphatic rings. The Balaban J connectivity index is 1.59. The summed E-state index contributed by atoms with van der Waals surface area (Å²) in [6, 6.07) is 15.0. The molecule has 8 heteroatoms. The number of carbonyl (C=O) groups is 2. The van der Waals surface area contributed by atoms with Gasteiger partial charge in [-0.2, -0.15) is 4.72 Å². The number of fused-ring (bicyclic) bond motifs is 1. The first-order chi connectivity index (χ1) is 12.9. The molecule has 1 heterocycles. The first-order valence-corrected chi connectivity index (χ1v) is 9.67. The molecule has 7 nitrogen and oxygen atoms in total. The molecule has 0 spiro atoms. The lowest BCUT2D eigenvalue weighted by atomic mass is 10.1. The first kappa shape index (κ1) is 18.8. The highest BCUT2D eigenvalue weighted by Crippen LogP contribution is 2.22. The second-order valence-electron chi connectivity index (χ2n) is 5.89. The third-order valence-electron chi connectivity index (χ3n) is 4.00. The zero-order valence-corrected chi connectivity index (χ0v) is 15.4. The average molecular weight is 386 g/mol. The van der Waals surface area contributed by atoms with Gasteiger partial charge in [-0.05, 0) is 25.1 Å². The van der Waals surface area contributed by atoms with Crippen LogP contribution in [0.15, 0.2) is 59.5 Å². The lowest BCUT2D eigenvalue weighted by Crippen LogP contribution is -2.31. The van der Waals surface area contributed by atoms with E-state index in [0.717, 1.165) is 10.9 Å². The van der Waals surface area contributed by atoms with E-state index < -0.39 is 29.1 Å². The third-order valence-corrected chi connectivity index (χ3v) is 5.41. The van der Waals surface area contributed by atoms with Crippen molar-refractivity contribution in [1.29, 1.82) is 0 Å². The number of aryl methyl sites for hydroxylation is 1. The van der Waals surface area contributed by atoms with Gasteiger partial charge in [0.2, 0.25) is 15.8 Å². The molecule has 3 aromatic rings. The highest BCUT2D eigenvalue weighted by atomic mass is 32.2. The molecule has 0 saturated heterocycles. The predicted octanol–water partition coefficient (Wildman–Crippen LogP) is 2.18. The lowest BCUT2D eigenvalue weighted by Gasteiger charge is -2.07. The van der Waals surface area contributed by atoms with Crippen molar-refractivity contribution in [2.24, 2.45) is 0 Å². The average Bonchev–Trinajstić information content (AvgIpc) is 3.01. The molecule has 0 aliphatic carbocycles. The zero-order chi connectivity index (χ0) is 19.4. The molecular weight excluding hydrogens is 368 g/mol. The smallest absolute Gasteiger partial charge is 0.321 e. The number of ketones is 1. The van der Waals surface area contributed by atoms with Gasteiger partial charge < -0.3 is 9.72 Å². The van der Waals surface area contributed by atoms with E-state index in [0.29, 0.717) is 11.3 Å². The Morgan fingerprint density at radius 3 is 2.44 bits per heavy atom. The van der Waals surface area contributed by atoms with Gasteiger partial charge in [0.15, 0.2) is 6.61 Å². The topological polar surface area (TPSA) is 105 Å². The van der Waals surface area contributed by atoms with Gasteiger partial charge in [-0.15, -0.1) is 0 Å². The minimum absolute atomic E-state index is 0.0447.